The van der Waals surface area contributed by atoms with Crippen LogP contribution in [0.4, 0.5) is 10.1 Å². The Morgan fingerprint density at radius 2 is 1.65 bits per heavy atom. The summed E-state index contributed by atoms with van der Waals surface area (Å²) in [5, 5.41) is 9.09. The molecular formula is C14H11FN2. The van der Waals surface area contributed by atoms with Crippen molar-refractivity contribution in [3.05, 3.63) is 66.0 Å². The van der Waals surface area contributed by atoms with E-state index in [9.17, 15) is 4.39 Å². The highest BCUT2D eigenvalue weighted by Crippen LogP contribution is 2.17. The van der Waals surface area contributed by atoms with Gasteiger partial charge in [0.15, 0.2) is 6.19 Å². The Hall–Kier alpha value is -2.34. The van der Waals surface area contributed by atoms with Crippen LogP contribution in [0, 0.1) is 17.3 Å². The monoisotopic (exact) mass is 226 g/mol. The number of nitrogens with zero attached hydrogens (tertiary/aromatic N) is 2. The van der Waals surface area contributed by atoms with Gasteiger partial charge in [-0.05, 0) is 18.2 Å². The second-order valence-corrected chi connectivity index (χ2v) is 3.61. The summed E-state index contributed by atoms with van der Waals surface area (Å²) in [4.78, 5) is 1.46. The van der Waals surface area contributed by atoms with Crippen LogP contribution >= 0.6 is 0 Å². The number of hydrogen-bond acceptors (Lipinski definition) is 2. The third kappa shape index (κ3) is 2.61. The van der Waals surface area contributed by atoms with Gasteiger partial charge < -0.3 is 0 Å². The van der Waals surface area contributed by atoms with Crippen LogP contribution in [0.3, 0.4) is 0 Å². The van der Waals surface area contributed by atoms with Gasteiger partial charge in [0.1, 0.15) is 5.82 Å². The molecule has 0 fully saturated rings. The van der Waals surface area contributed by atoms with Crippen LogP contribution in [0.1, 0.15) is 5.56 Å². The zero-order chi connectivity index (χ0) is 12.1. The second-order valence-electron chi connectivity index (χ2n) is 3.61. The summed E-state index contributed by atoms with van der Waals surface area (Å²) in [5.41, 5.74) is 1.27. The van der Waals surface area contributed by atoms with E-state index in [0.717, 1.165) is 5.69 Å². The molecule has 0 aromatic heterocycles. The highest BCUT2D eigenvalue weighted by atomic mass is 19.1. The molecule has 3 heteroatoms. The second kappa shape index (κ2) is 5.13. The summed E-state index contributed by atoms with van der Waals surface area (Å²) in [6.07, 6.45) is 2.06. The first kappa shape index (κ1) is 11.2. The molecule has 2 nitrogen and oxygen atoms in total. The van der Waals surface area contributed by atoms with Gasteiger partial charge in [0, 0.05) is 5.56 Å². The molecule has 0 aliphatic rings. The largest absolute Gasteiger partial charge is 0.275 e. The molecule has 0 amide bonds. The Labute approximate surface area is 99.5 Å². The van der Waals surface area contributed by atoms with E-state index in [0.29, 0.717) is 5.56 Å². The first-order chi connectivity index (χ1) is 8.31. The van der Waals surface area contributed by atoms with Crippen molar-refractivity contribution in [1.82, 2.24) is 0 Å². The van der Waals surface area contributed by atoms with Crippen LogP contribution < -0.4 is 4.90 Å². The van der Waals surface area contributed by atoms with E-state index in [1.54, 1.807) is 18.2 Å². The van der Waals surface area contributed by atoms with Crippen LogP contribution in [0.5, 0.6) is 0 Å². The third-order valence-electron chi connectivity index (χ3n) is 2.47. The lowest BCUT2D eigenvalue weighted by Crippen LogP contribution is -2.16. The minimum absolute atomic E-state index is 0.243. The Morgan fingerprint density at radius 3 is 2.29 bits per heavy atom. The van der Waals surface area contributed by atoms with Crippen molar-refractivity contribution in [2.75, 3.05) is 4.90 Å². The smallest absolute Gasteiger partial charge is 0.184 e. The zero-order valence-electron chi connectivity index (χ0n) is 9.18. The third-order valence-corrected chi connectivity index (χ3v) is 2.47. The Kier molecular flexibility index (Phi) is 3.37. The molecule has 0 radical (unpaired) electrons. The van der Waals surface area contributed by atoms with Gasteiger partial charge in [-0.15, -0.1) is 0 Å². The van der Waals surface area contributed by atoms with Crippen molar-refractivity contribution in [3.8, 4) is 6.19 Å². The first-order valence-electron chi connectivity index (χ1n) is 5.27. The molecule has 2 aromatic carbocycles. The molecule has 0 unspecified atom stereocenters. The molecular weight excluding hydrogens is 215 g/mol. The SMILES string of the molecule is N#CN(Cc1ccccc1F)c1ccccc1. The summed E-state index contributed by atoms with van der Waals surface area (Å²) in [5.74, 6) is -0.288. The van der Waals surface area contributed by atoms with Crippen molar-refractivity contribution in [2.24, 2.45) is 0 Å². The predicted octanol–water partition coefficient (Wildman–Crippen LogP) is 3.31. The lowest BCUT2D eigenvalue weighted by Gasteiger charge is -2.15. The molecule has 2 rings (SSSR count). The van der Waals surface area contributed by atoms with E-state index >= 15 is 0 Å². The summed E-state index contributed by atoms with van der Waals surface area (Å²) >= 11 is 0. The lowest BCUT2D eigenvalue weighted by molar-refractivity contribution is 0.609. The van der Waals surface area contributed by atoms with E-state index in [2.05, 4.69) is 6.19 Å². The van der Waals surface area contributed by atoms with Crippen molar-refractivity contribution >= 4 is 5.69 Å². The molecule has 0 aliphatic carbocycles. The number of anilines is 1. The maximum atomic E-state index is 13.5. The standard InChI is InChI=1S/C14H11FN2/c15-14-9-5-4-6-12(14)10-17(11-16)13-7-2-1-3-8-13/h1-9H,10H2. The fourth-order valence-electron chi connectivity index (χ4n) is 1.59. The molecule has 0 spiro atoms. The maximum Gasteiger partial charge on any atom is 0.184 e. The average Bonchev–Trinajstić information content (AvgIpc) is 2.39. The number of halogens is 1. The number of rotatable bonds is 3. The van der Waals surface area contributed by atoms with E-state index in [4.69, 9.17) is 5.26 Å². The minimum Gasteiger partial charge on any atom is -0.275 e. The maximum absolute atomic E-state index is 13.5. The number of hydrogen-bond donors (Lipinski definition) is 0. The van der Waals surface area contributed by atoms with Gasteiger partial charge in [0.05, 0.1) is 12.2 Å². The molecule has 0 saturated heterocycles. The molecule has 0 saturated carbocycles. The van der Waals surface area contributed by atoms with Gasteiger partial charge in [-0.1, -0.05) is 36.4 Å². The van der Waals surface area contributed by atoms with Crippen LogP contribution in [0.2, 0.25) is 0 Å². The van der Waals surface area contributed by atoms with Crippen LogP contribution in [0.25, 0.3) is 0 Å². The molecule has 2 aromatic rings. The number of para-hydroxylation sites is 1. The fourth-order valence-corrected chi connectivity index (χ4v) is 1.59. The quantitative estimate of drug-likeness (QED) is 0.593. The summed E-state index contributed by atoms with van der Waals surface area (Å²) in [6.45, 7) is 0.243. The Morgan fingerprint density at radius 1 is 1.00 bits per heavy atom. The van der Waals surface area contributed by atoms with Gasteiger partial charge in [0.25, 0.3) is 0 Å². The highest BCUT2D eigenvalue weighted by molar-refractivity contribution is 5.50. The van der Waals surface area contributed by atoms with E-state index in [-0.39, 0.29) is 12.4 Å². The molecule has 0 bridgehead atoms. The average molecular weight is 226 g/mol. The molecule has 0 aliphatic heterocycles. The van der Waals surface area contributed by atoms with Gasteiger partial charge in [-0.25, -0.2) is 4.39 Å². The first-order valence-corrected chi connectivity index (χ1v) is 5.27. The molecule has 0 heterocycles. The zero-order valence-corrected chi connectivity index (χ0v) is 9.18. The summed E-state index contributed by atoms with van der Waals surface area (Å²) in [6, 6.07) is 15.7. The predicted molar refractivity (Wildman–Crippen MR) is 64.6 cm³/mol. The molecule has 17 heavy (non-hydrogen) atoms. The van der Waals surface area contributed by atoms with Crippen LogP contribution in [0.15, 0.2) is 54.6 Å². The van der Waals surface area contributed by atoms with Crippen molar-refractivity contribution in [1.29, 1.82) is 5.26 Å². The minimum atomic E-state index is -0.288. The van der Waals surface area contributed by atoms with Gasteiger partial charge in [-0.3, -0.25) is 4.90 Å². The van der Waals surface area contributed by atoms with Gasteiger partial charge in [0.2, 0.25) is 0 Å². The van der Waals surface area contributed by atoms with E-state index in [1.165, 1.54) is 11.0 Å². The number of benzene rings is 2. The normalized spacial score (nSPS) is 9.65. The lowest BCUT2D eigenvalue weighted by atomic mass is 10.2. The summed E-state index contributed by atoms with van der Waals surface area (Å²) in [7, 11) is 0. The van der Waals surface area contributed by atoms with Crippen molar-refractivity contribution in [3.63, 3.8) is 0 Å². The van der Waals surface area contributed by atoms with Crippen molar-refractivity contribution < 1.29 is 4.39 Å². The highest BCUT2D eigenvalue weighted by Gasteiger charge is 2.08. The van der Waals surface area contributed by atoms with Crippen molar-refractivity contribution in [2.45, 2.75) is 6.54 Å². The molecule has 0 N–H and O–H groups in total. The van der Waals surface area contributed by atoms with E-state index in [1.807, 2.05) is 30.3 Å². The Balaban J connectivity index is 2.23. The number of nitriles is 1. The van der Waals surface area contributed by atoms with Gasteiger partial charge in [-0.2, -0.15) is 5.26 Å². The summed E-state index contributed by atoms with van der Waals surface area (Å²) < 4.78 is 13.5. The van der Waals surface area contributed by atoms with E-state index < -0.39 is 0 Å². The molecule has 0 atom stereocenters. The topological polar surface area (TPSA) is 27.0 Å². The fraction of sp³-hybridized carbons (Fsp3) is 0.0714. The van der Waals surface area contributed by atoms with Crippen LogP contribution in [-0.4, -0.2) is 0 Å². The van der Waals surface area contributed by atoms with Gasteiger partial charge >= 0.3 is 0 Å². The molecule has 84 valence electrons. The van der Waals surface area contributed by atoms with Crippen LogP contribution in [-0.2, 0) is 6.54 Å². The Bertz CT molecular complexity index is 531.